The van der Waals surface area contributed by atoms with Crippen LogP contribution in [0.1, 0.15) is 39.7 Å². The van der Waals surface area contributed by atoms with Crippen LogP contribution in [0.15, 0.2) is 12.4 Å². The molecule has 0 saturated heterocycles. The number of hydrogen-bond acceptors (Lipinski definition) is 3. The molecule has 0 aromatic carbocycles. The van der Waals surface area contributed by atoms with Gasteiger partial charge in [0.2, 0.25) is 0 Å². The Bertz CT molecular complexity index is 456. The van der Waals surface area contributed by atoms with Crippen LogP contribution in [-0.2, 0) is 4.79 Å². The van der Waals surface area contributed by atoms with E-state index in [1.54, 1.807) is 17.1 Å². The van der Waals surface area contributed by atoms with Crippen LogP contribution in [0.3, 0.4) is 0 Å². The number of aromatic nitrogens is 2. The SMILES string of the molecule is CC(CCC(=O)O)CNC(=O)Nc1cnn(C(C)C)c1. The highest BCUT2D eigenvalue weighted by atomic mass is 16.4. The number of carbonyl (C=O) groups is 2. The minimum absolute atomic E-state index is 0.117. The summed E-state index contributed by atoms with van der Waals surface area (Å²) in [6.45, 7) is 6.35. The van der Waals surface area contributed by atoms with Gasteiger partial charge in [0.05, 0.1) is 11.9 Å². The van der Waals surface area contributed by atoms with Gasteiger partial charge in [-0.15, -0.1) is 0 Å². The number of urea groups is 1. The molecule has 0 saturated carbocycles. The number of carbonyl (C=O) groups excluding carboxylic acids is 1. The van der Waals surface area contributed by atoms with Crippen LogP contribution >= 0.6 is 0 Å². The molecule has 7 nitrogen and oxygen atoms in total. The van der Waals surface area contributed by atoms with Gasteiger partial charge in [-0.25, -0.2) is 4.79 Å². The Balaban J connectivity index is 2.30. The summed E-state index contributed by atoms with van der Waals surface area (Å²) in [4.78, 5) is 22.1. The molecule has 1 heterocycles. The summed E-state index contributed by atoms with van der Waals surface area (Å²) >= 11 is 0. The van der Waals surface area contributed by atoms with Gasteiger partial charge in [-0.3, -0.25) is 9.48 Å². The van der Waals surface area contributed by atoms with Gasteiger partial charge in [-0.1, -0.05) is 6.92 Å². The van der Waals surface area contributed by atoms with Crippen LogP contribution in [-0.4, -0.2) is 33.4 Å². The summed E-state index contributed by atoms with van der Waals surface area (Å²) in [6.07, 6.45) is 4.01. The Kier molecular flexibility index (Phi) is 6.02. The largest absolute Gasteiger partial charge is 0.481 e. The van der Waals surface area contributed by atoms with Gasteiger partial charge in [-0.05, 0) is 26.2 Å². The lowest BCUT2D eigenvalue weighted by Crippen LogP contribution is -2.32. The smallest absolute Gasteiger partial charge is 0.319 e. The number of rotatable bonds is 7. The van der Waals surface area contributed by atoms with E-state index in [1.807, 2.05) is 20.8 Å². The number of carboxylic acids is 1. The highest BCUT2D eigenvalue weighted by Gasteiger charge is 2.09. The predicted octanol–water partition coefficient (Wildman–Crippen LogP) is 2.09. The maximum atomic E-state index is 11.7. The molecule has 1 unspecified atom stereocenters. The Morgan fingerprint density at radius 1 is 1.40 bits per heavy atom. The molecule has 1 aromatic heterocycles. The molecule has 20 heavy (non-hydrogen) atoms. The Morgan fingerprint density at radius 3 is 2.65 bits per heavy atom. The van der Waals surface area contributed by atoms with Gasteiger partial charge in [0.25, 0.3) is 0 Å². The maximum absolute atomic E-state index is 11.7. The molecule has 1 aromatic rings. The first-order chi connectivity index (χ1) is 9.38. The monoisotopic (exact) mass is 282 g/mol. The molecule has 2 amide bonds. The molecule has 0 radical (unpaired) electrons. The number of amides is 2. The van der Waals surface area contributed by atoms with Gasteiger partial charge in [0.15, 0.2) is 0 Å². The van der Waals surface area contributed by atoms with Crippen molar-refractivity contribution >= 4 is 17.7 Å². The van der Waals surface area contributed by atoms with Crippen LogP contribution in [0.5, 0.6) is 0 Å². The van der Waals surface area contributed by atoms with Crippen molar-refractivity contribution in [1.82, 2.24) is 15.1 Å². The molecular weight excluding hydrogens is 260 g/mol. The van der Waals surface area contributed by atoms with Crippen molar-refractivity contribution in [2.75, 3.05) is 11.9 Å². The van der Waals surface area contributed by atoms with Gasteiger partial charge in [-0.2, -0.15) is 5.10 Å². The highest BCUT2D eigenvalue weighted by molar-refractivity contribution is 5.88. The lowest BCUT2D eigenvalue weighted by Gasteiger charge is -2.11. The molecule has 0 aliphatic carbocycles. The van der Waals surface area contributed by atoms with Crippen molar-refractivity contribution in [3.8, 4) is 0 Å². The highest BCUT2D eigenvalue weighted by Crippen LogP contribution is 2.09. The molecule has 0 bridgehead atoms. The molecule has 0 fully saturated rings. The molecule has 0 aliphatic rings. The van der Waals surface area contributed by atoms with E-state index in [1.165, 1.54) is 0 Å². The van der Waals surface area contributed by atoms with E-state index in [2.05, 4.69) is 15.7 Å². The third-order valence-electron chi connectivity index (χ3n) is 2.85. The fraction of sp³-hybridized carbons (Fsp3) is 0.615. The normalized spacial score (nSPS) is 12.2. The second-order valence-corrected chi connectivity index (χ2v) is 5.18. The zero-order valence-corrected chi connectivity index (χ0v) is 12.1. The Hall–Kier alpha value is -2.05. The minimum Gasteiger partial charge on any atom is -0.481 e. The topological polar surface area (TPSA) is 96.2 Å². The fourth-order valence-corrected chi connectivity index (χ4v) is 1.60. The molecule has 112 valence electrons. The van der Waals surface area contributed by atoms with Gasteiger partial charge >= 0.3 is 12.0 Å². The summed E-state index contributed by atoms with van der Waals surface area (Å²) in [5.41, 5.74) is 0.634. The van der Waals surface area contributed by atoms with E-state index in [0.717, 1.165) is 0 Å². The van der Waals surface area contributed by atoms with E-state index in [-0.39, 0.29) is 24.4 Å². The van der Waals surface area contributed by atoms with E-state index in [0.29, 0.717) is 18.7 Å². The van der Waals surface area contributed by atoms with E-state index >= 15 is 0 Å². The van der Waals surface area contributed by atoms with E-state index < -0.39 is 5.97 Å². The van der Waals surface area contributed by atoms with Crippen LogP contribution in [0, 0.1) is 5.92 Å². The molecule has 0 spiro atoms. The van der Waals surface area contributed by atoms with Crippen molar-refractivity contribution in [3.05, 3.63) is 12.4 Å². The number of hydrogen-bond donors (Lipinski definition) is 3. The number of carboxylic acid groups (broad SMARTS) is 1. The average molecular weight is 282 g/mol. The molecule has 3 N–H and O–H groups in total. The Morgan fingerprint density at radius 2 is 2.10 bits per heavy atom. The standard InChI is InChI=1S/C13H22N4O3/c1-9(2)17-8-11(7-15-17)16-13(20)14-6-10(3)4-5-12(18)19/h7-10H,4-6H2,1-3H3,(H,18,19)(H2,14,16,20). The van der Waals surface area contributed by atoms with Crippen molar-refractivity contribution < 1.29 is 14.7 Å². The van der Waals surface area contributed by atoms with Gasteiger partial charge < -0.3 is 15.7 Å². The summed E-state index contributed by atoms with van der Waals surface area (Å²) in [5.74, 6) is -0.697. The van der Waals surface area contributed by atoms with Gasteiger partial charge in [0, 0.05) is 25.2 Å². The van der Waals surface area contributed by atoms with Crippen LogP contribution in [0.25, 0.3) is 0 Å². The van der Waals surface area contributed by atoms with Gasteiger partial charge in [0.1, 0.15) is 0 Å². The number of aliphatic carboxylic acids is 1. The van der Waals surface area contributed by atoms with Crippen LogP contribution in [0.4, 0.5) is 10.5 Å². The predicted molar refractivity (Wildman–Crippen MR) is 75.7 cm³/mol. The summed E-state index contributed by atoms with van der Waals surface area (Å²) < 4.78 is 1.76. The molecular formula is C13H22N4O3. The van der Waals surface area contributed by atoms with E-state index in [4.69, 9.17) is 5.11 Å². The third kappa shape index (κ3) is 5.73. The number of anilines is 1. The summed E-state index contributed by atoms with van der Waals surface area (Å²) in [6, 6.07) is -0.0693. The van der Waals surface area contributed by atoms with Crippen LogP contribution in [0.2, 0.25) is 0 Å². The third-order valence-corrected chi connectivity index (χ3v) is 2.85. The fourth-order valence-electron chi connectivity index (χ4n) is 1.60. The lowest BCUT2D eigenvalue weighted by molar-refractivity contribution is -0.137. The first-order valence-corrected chi connectivity index (χ1v) is 6.69. The molecule has 1 atom stereocenters. The number of nitrogens with one attached hydrogen (secondary N) is 2. The number of nitrogens with zero attached hydrogens (tertiary/aromatic N) is 2. The second kappa shape index (κ2) is 7.52. The second-order valence-electron chi connectivity index (χ2n) is 5.18. The lowest BCUT2D eigenvalue weighted by atomic mass is 10.1. The zero-order chi connectivity index (χ0) is 15.1. The molecule has 7 heteroatoms. The zero-order valence-electron chi connectivity index (χ0n) is 12.1. The summed E-state index contributed by atoms with van der Waals surface area (Å²) in [5, 5.41) is 18.1. The average Bonchev–Trinajstić information content (AvgIpc) is 2.82. The molecule has 1 rings (SSSR count). The van der Waals surface area contributed by atoms with Crippen molar-refractivity contribution in [3.63, 3.8) is 0 Å². The maximum Gasteiger partial charge on any atom is 0.319 e. The van der Waals surface area contributed by atoms with Crippen molar-refractivity contribution in [1.29, 1.82) is 0 Å². The first kappa shape index (κ1) is 16.0. The quantitative estimate of drug-likeness (QED) is 0.713. The summed E-state index contributed by atoms with van der Waals surface area (Å²) in [7, 11) is 0. The van der Waals surface area contributed by atoms with Crippen molar-refractivity contribution in [2.24, 2.45) is 5.92 Å². The van der Waals surface area contributed by atoms with Crippen molar-refractivity contribution in [2.45, 2.75) is 39.7 Å². The van der Waals surface area contributed by atoms with Crippen LogP contribution < -0.4 is 10.6 Å². The van der Waals surface area contributed by atoms with E-state index in [9.17, 15) is 9.59 Å². The Labute approximate surface area is 118 Å². The first-order valence-electron chi connectivity index (χ1n) is 6.69. The minimum atomic E-state index is -0.817. The molecule has 0 aliphatic heterocycles.